The van der Waals surface area contributed by atoms with Crippen LogP contribution in [0.3, 0.4) is 0 Å². The van der Waals surface area contributed by atoms with Crippen LogP contribution in [0.25, 0.3) is 11.1 Å². The number of hydrogen-bond donors (Lipinski definition) is 3. The molecule has 0 aliphatic heterocycles. The minimum atomic E-state index is 0.0798. The van der Waals surface area contributed by atoms with Crippen molar-refractivity contribution >= 4 is 12.1 Å². The van der Waals surface area contributed by atoms with Gasteiger partial charge in [-0.15, -0.1) is 0 Å². The van der Waals surface area contributed by atoms with Crippen LogP contribution in [0.1, 0.15) is 10.4 Å². The van der Waals surface area contributed by atoms with Gasteiger partial charge in [0.25, 0.3) is 0 Å². The number of hydrogen-bond acceptors (Lipinski definition) is 4. The third kappa shape index (κ3) is 1.54. The minimum Gasteiger partial charge on any atom is -0.508 e. The highest BCUT2D eigenvalue weighted by Crippen LogP contribution is 2.29. The first kappa shape index (κ1) is 9.26. The molecular formula is C10H9N3O2. The van der Waals surface area contributed by atoms with Crippen molar-refractivity contribution in [1.82, 2.24) is 10.2 Å². The van der Waals surface area contributed by atoms with E-state index in [0.717, 1.165) is 0 Å². The van der Waals surface area contributed by atoms with Crippen LogP contribution in [0.15, 0.2) is 24.4 Å². The Morgan fingerprint density at radius 1 is 1.40 bits per heavy atom. The second-order valence-corrected chi connectivity index (χ2v) is 3.09. The Labute approximate surface area is 85.5 Å². The Morgan fingerprint density at radius 2 is 2.20 bits per heavy atom. The smallest absolute Gasteiger partial charge is 0.150 e. The number of nitrogen functional groups attached to an aromatic ring is 1. The van der Waals surface area contributed by atoms with Gasteiger partial charge in [-0.1, -0.05) is 0 Å². The summed E-state index contributed by atoms with van der Waals surface area (Å²) in [6, 6.07) is 4.46. The van der Waals surface area contributed by atoms with E-state index in [1.54, 1.807) is 0 Å². The molecule has 0 spiro atoms. The molecule has 15 heavy (non-hydrogen) atoms. The standard InChI is InChI=1S/C10H9N3O2/c11-10-9(4-12-13-10)8-3-7(15)2-1-6(8)5-14/h1-5,15H,(H3,11,12,13). The molecule has 0 aliphatic carbocycles. The summed E-state index contributed by atoms with van der Waals surface area (Å²) in [7, 11) is 0. The Hall–Kier alpha value is -2.30. The molecule has 0 fully saturated rings. The maximum absolute atomic E-state index is 10.8. The Balaban J connectivity index is 2.65. The topological polar surface area (TPSA) is 92.0 Å². The molecular weight excluding hydrogens is 194 g/mol. The summed E-state index contributed by atoms with van der Waals surface area (Å²) in [5.74, 6) is 0.444. The predicted octanol–water partition coefficient (Wildman–Crippen LogP) is 1.18. The summed E-state index contributed by atoms with van der Waals surface area (Å²) in [4.78, 5) is 10.8. The quantitative estimate of drug-likeness (QED) is 0.639. The summed E-state index contributed by atoms with van der Waals surface area (Å²) in [6.07, 6.45) is 2.22. The number of rotatable bonds is 2. The fourth-order valence-corrected chi connectivity index (χ4v) is 1.39. The van der Waals surface area contributed by atoms with Gasteiger partial charge in [0, 0.05) is 16.7 Å². The van der Waals surface area contributed by atoms with Crippen LogP contribution in [-0.4, -0.2) is 21.6 Å². The lowest BCUT2D eigenvalue weighted by atomic mass is 10.0. The van der Waals surface area contributed by atoms with Gasteiger partial charge >= 0.3 is 0 Å². The van der Waals surface area contributed by atoms with E-state index >= 15 is 0 Å². The maximum Gasteiger partial charge on any atom is 0.150 e. The van der Waals surface area contributed by atoms with Gasteiger partial charge in [0.05, 0.1) is 6.20 Å². The molecule has 0 aliphatic rings. The lowest BCUT2D eigenvalue weighted by molar-refractivity contribution is 0.112. The Morgan fingerprint density at radius 3 is 2.80 bits per heavy atom. The predicted molar refractivity (Wildman–Crippen MR) is 55.5 cm³/mol. The van der Waals surface area contributed by atoms with Crippen LogP contribution < -0.4 is 5.73 Å². The third-order valence-corrected chi connectivity index (χ3v) is 2.12. The molecule has 0 radical (unpaired) electrons. The van der Waals surface area contributed by atoms with Crippen molar-refractivity contribution in [3.63, 3.8) is 0 Å². The first-order valence-electron chi connectivity index (χ1n) is 4.30. The third-order valence-electron chi connectivity index (χ3n) is 2.12. The van der Waals surface area contributed by atoms with Crippen LogP contribution in [0.2, 0.25) is 0 Å². The van der Waals surface area contributed by atoms with E-state index < -0.39 is 0 Å². The van der Waals surface area contributed by atoms with E-state index in [1.165, 1.54) is 24.4 Å². The zero-order valence-electron chi connectivity index (χ0n) is 7.77. The molecule has 0 saturated carbocycles. The maximum atomic E-state index is 10.8. The molecule has 2 rings (SSSR count). The minimum absolute atomic E-state index is 0.0798. The molecule has 5 nitrogen and oxygen atoms in total. The van der Waals surface area contributed by atoms with Gasteiger partial charge in [-0.25, -0.2) is 0 Å². The number of aromatic hydroxyl groups is 1. The van der Waals surface area contributed by atoms with Crippen LogP contribution in [-0.2, 0) is 0 Å². The number of carbonyl (C=O) groups is 1. The van der Waals surface area contributed by atoms with Gasteiger partial charge in [0.1, 0.15) is 11.6 Å². The molecule has 0 bridgehead atoms. The zero-order valence-corrected chi connectivity index (χ0v) is 7.77. The summed E-state index contributed by atoms with van der Waals surface area (Å²) >= 11 is 0. The van der Waals surface area contributed by atoms with Crippen molar-refractivity contribution < 1.29 is 9.90 Å². The SMILES string of the molecule is Nc1[nH]ncc1-c1cc(O)ccc1C=O. The van der Waals surface area contributed by atoms with Crippen molar-refractivity contribution in [2.45, 2.75) is 0 Å². The Kier molecular flexibility index (Phi) is 2.13. The molecule has 0 amide bonds. The summed E-state index contributed by atoms with van der Waals surface area (Å²) < 4.78 is 0. The van der Waals surface area contributed by atoms with Gasteiger partial charge < -0.3 is 10.8 Å². The molecule has 0 atom stereocenters. The van der Waals surface area contributed by atoms with Crippen LogP contribution in [0, 0.1) is 0 Å². The lowest BCUT2D eigenvalue weighted by Crippen LogP contribution is -1.91. The first-order valence-corrected chi connectivity index (χ1v) is 4.30. The van der Waals surface area contributed by atoms with Crippen molar-refractivity contribution in [1.29, 1.82) is 0 Å². The summed E-state index contributed by atoms with van der Waals surface area (Å²) in [6.45, 7) is 0. The molecule has 2 aromatic rings. The van der Waals surface area contributed by atoms with Gasteiger partial charge in [-0.3, -0.25) is 9.89 Å². The number of aromatic amines is 1. The van der Waals surface area contributed by atoms with E-state index in [-0.39, 0.29) is 5.75 Å². The number of phenols is 1. The molecule has 5 heteroatoms. The number of aldehydes is 1. The molecule has 0 unspecified atom stereocenters. The molecule has 76 valence electrons. The van der Waals surface area contributed by atoms with Gasteiger partial charge in [-0.05, 0) is 18.2 Å². The highest BCUT2D eigenvalue weighted by Gasteiger charge is 2.10. The van der Waals surface area contributed by atoms with Crippen molar-refractivity contribution in [2.24, 2.45) is 0 Å². The Bertz CT molecular complexity index is 505. The fourth-order valence-electron chi connectivity index (χ4n) is 1.39. The van der Waals surface area contributed by atoms with Crippen molar-refractivity contribution in [2.75, 3.05) is 5.73 Å². The molecule has 1 aromatic carbocycles. The second kappa shape index (κ2) is 3.45. The highest BCUT2D eigenvalue weighted by atomic mass is 16.3. The number of anilines is 1. The number of nitrogens with one attached hydrogen (secondary N) is 1. The number of nitrogens with zero attached hydrogens (tertiary/aromatic N) is 1. The fraction of sp³-hybridized carbons (Fsp3) is 0. The van der Waals surface area contributed by atoms with E-state index in [0.29, 0.717) is 28.8 Å². The monoisotopic (exact) mass is 203 g/mol. The number of phenolic OH excluding ortho intramolecular Hbond substituents is 1. The molecule has 0 saturated heterocycles. The van der Waals surface area contributed by atoms with Gasteiger partial charge in [-0.2, -0.15) is 5.10 Å². The zero-order chi connectivity index (χ0) is 10.8. The molecule has 1 aromatic heterocycles. The van der Waals surface area contributed by atoms with Gasteiger partial charge in [0.15, 0.2) is 6.29 Å². The van der Waals surface area contributed by atoms with E-state index in [2.05, 4.69) is 10.2 Å². The average Bonchev–Trinajstić information content (AvgIpc) is 2.64. The number of aromatic nitrogens is 2. The number of carbonyl (C=O) groups excluding carboxylic acids is 1. The van der Waals surface area contributed by atoms with Crippen molar-refractivity contribution in [3.05, 3.63) is 30.0 Å². The second-order valence-electron chi connectivity index (χ2n) is 3.09. The largest absolute Gasteiger partial charge is 0.508 e. The first-order chi connectivity index (χ1) is 7.22. The average molecular weight is 203 g/mol. The van der Waals surface area contributed by atoms with Crippen molar-refractivity contribution in [3.8, 4) is 16.9 Å². The number of nitrogens with two attached hydrogens (primary N) is 1. The highest BCUT2D eigenvalue weighted by molar-refractivity contribution is 5.90. The van der Waals surface area contributed by atoms with Crippen LogP contribution in [0.4, 0.5) is 5.82 Å². The van der Waals surface area contributed by atoms with Crippen LogP contribution >= 0.6 is 0 Å². The lowest BCUT2D eigenvalue weighted by Gasteiger charge is -2.03. The molecule has 4 N–H and O–H groups in total. The number of H-pyrrole nitrogens is 1. The van der Waals surface area contributed by atoms with E-state index in [9.17, 15) is 9.90 Å². The van der Waals surface area contributed by atoms with Crippen LogP contribution in [0.5, 0.6) is 5.75 Å². The molecule has 1 heterocycles. The van der Waals surface area contributed by atoms with Gasteiger partial charge in [0.2, 0.25) is 0 Å². The summed E-state index contributed by atoms with van der Waals surface area (Å²) in [5, 5.41) is 15.7. The van der Waals surface area contributed by atoms with E-state index in [4.69, 9.17) is 5.73 Å². The number of benzene rings is 1. The van der Waals surface area contributed by atoms with E-state index in [1.807, 2.05) is 0 Å². The normalized spacial score (nSPS) is 10.1. The summed E-state index contributed by atoms with van der Waals surface area (Å²) in [5.41, 5.74) is 7.26.